The number of benzene rings is 1. The molecule has 1 amide bonds. The number of thioether (sulfide) groups is 1. The van der Waals surface area contributed by atoms with E-state index in [0.717, 1.165) is 48.0 Å². The van der Waals surface area contributed by atoms with Crippen LogP contribution in [0.2, 0.25) is 0 Å². The summed E-state index contributed by atoms with van der Waals surface area (Å²) in [5.74, 6) is 1.63. The number of likely N-dealkylation sites (tertiary alicyclic amines) is 1. The minimum atomic E-state index is -0.155. The van der Waals surface area contributed by atoms with Gasteiger partial charge in [0.15, 0.2) is 17.3 Å². The highest BCUT2D eigenvalue weighted by atomic mass is 32.2. The summed E-state index contributed by atoms with van der Waals surface area (Å²) in [4.78, 5) is 14.8. The molecule has 3 heterocycles. The van der Waals surface area contributed by atoms with Gasteiger partial charge in [-0.25, -0.2) is 0 Å². The van der Waals surface area contributed by atoms with Crippen LogP contribution in [-0.2, 0) is 20.8 Å². The lowest BCUT2D eigenvalue weighted by atomic mass is 9.97. The average molecular weight is 417 g/mol. The molecule has 2 saturated heterocycles. The molecule has 0 spiro atoms. The Morgan fingerprint density at radius 3 is 2.79 bits per heavy atom. The second kappa shape index (κ2) is 9.28. The van der Waals surface area contributed by atoms with Crippen molar-refractivity contribution in [3.05, 3.63) is 29.8 Å². The number of hydrogen-bond acceptors (Lipinski definition) is 6. The van der Waals surface area contributed by atoms with Gasteiger partial charge in [-0.2, -0.15) is 0 Å². The third-order valence-corrected chi connectivity index (χ3v) is 6.54. The highest BCUT2D eigenvalue weighted by Gasteiger charge is 2.32. The van der Waals surface area contributed by atoms with Crippen molar-refractivity contribution in [2.75, 3.05) is 32.1 Å². The predicted octanol–water partition coefficient (Wildman–Crippen LogP) is 2.98. The number of amides is 1. The maximum Gasteiger partial charge on any atom is 0.233 e. The van der Waals surface area contributed by atoms with Gasteiger partial charge in [0.25, 0.3) is 0 Å². The van der Waals surface area contributed by atoms with Gasteiger partial charge >= 0.3 is 0 Å². The second-order valence-corrected chi connectivity index (χ2v) is 8.45. The van der Waals surface area contributed by atoms with E-state index in [-0.39, 0.29) is 18.1 Å². The third kappa shape index (κ3) is 4.49. The topological polar surface area (TPSA) is 69.5 Å². The van der Waals surface area contributed by atoms with E-state index in [9.17, 15) is 4.79 Å². The monoisotopic (exact) mass is 416 g/mol. The molecule has 7 nitrogen and oxygen atoms in total. The van der Waals surface area contributed by atoms with Crippen molar-refractivity contribution in [3.8, 4) is 11.4 Å². The lowest BCUT2D eigenvalue weighted by Gasteiger charge is -2.34. The number of ether oxygens (including phenoxy) is 2. The summed E-state index contributed by atoms with van der Waals surface area (Å²) in [7, 11) is 0. The molecule has 1 atom stereocenters. The fourth-order valence-corrected chi connectivity index (χ4v) is 4.93. The predicted molar refractivity (Wildman–Crippen MR) is 112 cm³/mol. The van der Waals surface area contributed by atoms with Crippen LogP contribution in [0.25, 0.3) is 11.4 Å². The third-order valence-electron chi connectivity index (χ3n) is 5.59. The summed E-state index contributed by atoms with van der Waals surface area (Å²) in [5.41, 5.74) is 2.24. The molecule has 156 valence electrons. The maximum absolute atomic E-state index is 12.8. The molecule has 29 heavy (non-hydrogen) atoms. The first-order valence-corrected chi connectivity index (χ1v) is 11.3. The van der Waals surface area contributed by atoms with Crippen molar-refractivity contribution >= 4 is 17.7 Å². The molecule has 0 N–H and O–H groups in total. The van der Waals surface area contributed by atoms with Crippen molar-refractivity contribution in [2.24, 2.45) is 5.92 Å². The van der Waals surface area contributed by atoms with Gasteiger partial charge in [0, 0.05) is 31.1 Å². The van der Waals surface area contributed by atoms with Crippen LogP contribution >= 0.6 is 11.8 Å². The Balaban J connectivity index is 1.40. The van der Waals surface area contributed by atoms with Gasteiger partial charge in [0.05, 0.1) is 19.0 Å². The highest BCUT2D eigenvalue weighted by Crippen LogP contribution is 2.28. The number of carbonyl (C=O) groups excluding carboxylic acids is 1. The fraction of sp³-hybridized carbons (Fsp3) is 0.571. The SMILES string of the molecule is CCn1c(SCC(=O)N2CCCC(C3OCCO3)C2)nnc1-c1ccccc1C. The largest absolute Gasteiger partial charge is 0.350 e. The number of carbonyl (C=O) groups is 1. The number of hydrogen-bond donors (Lipinski definition) is 0. The molecule has 2 fully saturated rings. The molecule has 0 saturated carbocycles. The number of piperidine rings is 1. The minimum absolute atomic E-state index is 0.140. The molecule has 2 aliphatic rings. The molecule has 1 unspecified atom stereocenters. The summed E-state index contributed by atoms with van der Waals surface area (Å²) in [5, 5.41) is 9.56. The molecule has 4 rings (SSSR count). The first-order chi connectivity index (χ1) is 14.2. The first kappa shape index (κ1) is 20.4. The molecular formula is C21H28N4O3S. The normalized spacial score (nSPS) is 20.3. The molecule has 1 aromatic carbocycles. The van der Waals surface area contributed by atoms with E-state index in [0.29, 0.717) is 25.5 Å². The van der Waals surface area contributed by atoms with E-state index in [2.05, 4.69) is 40.7 Å². The van der Waals surface area contributed by atoms with Gasteiger partial charge in [-0.3, -0.25) is 4.79 Å². The highest BCUT2D eigenvalue weighted by molar-refractivity contribution is 7.99. The average Bonchev–Trinajstić information content (AvgIpc) is 3.42. The number of rotatable bonds is 6. The minimum Gasteiger partial charge on any atom is -0.350 e. The lowest BCUT2D eigenvalue weighted by molar-refractivity contribution is -0.136. The zero-order chi connectivity index (χ0) is 20.2. The summed E-state index contributed by atoms with van der Waals surface area (Å²) < 4.78 is 13.4. The molecule has 0 aliphatic carbocycles. The van der Waals surface area contributed by atoms with Crippen LogP contribution in [0, 0.1) is 12.8 Å². The Bertz CT molecular complexity index is 850. The van der Waals surface area contributed by atoms with Crippen molar-refractivity contribution in [2.45, 2.75) is 44.7 Å². The van der Waals surface area contributed by atoms with Crippen molar-refractivity contribution < 1.29 is 14.3 Å². The molecule has 0 radical (unpaired) electrons. The van der Waals surface area contributed by atoms with Crippen molar-refractivity contribution in [1.29, 1.82) is 0 Å². The molecule has 2 aromatic rings. The van der Waals surface area contributed by atoms with Crippen molar-refractivity contribution in [1.82, 2.24) is 19.7 Å². The van der Waals surface area contributed by atoms with E-state index in [1.165, 1.54) is 11.8 Å². The Labute approximate surface area is 175 Å². The standard InChI is InChI=1S/C21H28N4O3S/c1-3-25-19(17-9-5-4-7-15(17)2)22-23-21(25)29-14-18(26)24-10-6-8-16(13-24)20-27-11-12-28-20/h4-5,7,9,16,20H,3,6,8,10-14H2,1-2H3. The van der Waals surface area contributed by atoms with Gasteiger partial charge in [0.2, 0.25) is 5.91 Å². The maximum atomic E-state index is 12.8. The fourth-order valence-electron chi connectivity index (χ4n) is 4.03. The zero-order valence-electron chi connectivity index (χ0n) is 17.0. The van der Waals surface area contributed by atoms with Gasteiger partial charge in [-0.1, -0.05) is 36.0 Å². The van der Waals surface area contributed by atoms with E-state index < -0.39 is 0 Å². The first-order valence-electron chi connectivity index (χ1n) is 10.3. The van der Waals surface area contributed by atoms with Crippen LogP contribution in [-0.4, -0.2) is 63.9 Å². The Kier molecular flexibility index (Phi) is 6.52. The van der Waals surface area contributed by atoms with Gasteiger partial charge in [-0.05, 0) is 32.3 Å². The Morgan fingerprint density at radius 1 is 1.24 bits per heavy atom. The van der Waals surface area contributed by atoms with E-state index in [1.54, 1.807) is 0 Å². The van der Waals surface area contributed by atoms with Crippen LogP contribution in [0.4, 0.5) is 0 Å². The van der Waals surface area contributed by atoms with Crippen LogP contribution in [0.15, 0.2) is 29.4 Å². The molecule has 0 bridgehead atoms. The Morgan fingerprint density at radius 2 is 2.03 bits per heavy atom. The summed E-state index contributed by atoms with van der Waals surface area (Å²) in [6, 6.07) is 8.17. The molecule has 2 aliphatic heterocycles. The second-order valence-electron chi connectivity index (χ2n) is 7.51. The van der Waals surface area contributed by atoms with Crippen LogP contribution in [0.1, 0.15) is 25.3 Å². The quantitative estimate of drug-likeness (QED) is 0.675. The van der Waals surface area contributed by atoms with Crippen LogP contribution < -0.4 is 0 Å². The van der Waals surface area contributed by atoms with Gasteiger partial charge < -0.3 is 18.9 Å². The van der Waals surface area contributed by atoms with Crippen LogP contribution in [0.5, 0.6) is 0 Å². The summed E-state index contributed by atoms with van der Waals surface area (Å²) in [6.45, 7) is 7.73. The molecule has 1 aromatic heterocycles. The van der Waals surface area contributed by atoms with Crippen molar-refractivity contribution in [3.63, 3.8) is 0 Å². The number of nitrogens with zero attached hydrogens (tertiary/aromatic N) is 4. The zero-order valence-corrected chi connectivity index (χ0v) is 17.9. The number of aromatic nitrogens is 3. The molecule has 8 heteroatoms. The van der Waals surface area contributed by atoms with Crippen LogP contribution in [0.3, 0.4) is 0 Å². The van der Waals surface area contributed by atoms with Gasteiger partial charge in [-0.15, -0.1) is 10.2 Å². The lowest BCUT2D eigenvalue weighted by Crippen LogP contribution is -2.44. The molecular weight excluding hydrogens is 388 g/mol. The van der Waals surface area contributed by atoms with E-state index >= 15 is 0 Å². The summed E-state index contributed by atoms with van der Waals surface area (Å²) >= 11 is 1.46. The summed E-state index contributed by atoms with van der Waals surface area (Å²) in [6.07, 6.45) is 1.89. The number of aryl methyl sites for hydroxylation is 1. The van der Waals surface area contributed by atoms with E-state index in [4.69, 9.17) is 9.47 Å². The smallest absolute Gasteiger partial charge is 0.233 e. The van der Waals surface area contributed by atoms with E-state index in [1.807, 2.05) is 17.0 Å². The van der Waals surface area contributed by atoms with Gasteiger partial charge in [0.1, 0.15) is 0 Å². The Hall–Kier alpha value is -1.90.